The van der Waals surface area contributed by atoms with E-state index < -0.39 is 5.60 Å². The molecule has 176 valence electrons. The number of nitrogens with zero attached hydrogens (tertiary/aromatic N) is 3. The lowest BCUT2D eigenvalue weighted by atomic mass is 10.1. The summed E-state index contributed by atoms with van der Waals surface area (Å²) in [6.07, 6.45) is 2.52. The van der Waals surface area contributed by atoms with E-state index in [9.17, 15) is 5.11 Å². The molecule has 2 aromatic carbocycles. The number of aryl methyl sites for hydroxylation is 1. The highest BCUT2D eigenvalue weighted by molar-refractivity contribution is 6.30. The summed E-state index contributed by atoms with van der Waals surface area (Å²) in [6.45, 7) is 11.4. The van der Waals surface area contributed by atoms with Crippen molar-refractivity contribution in [2.45, 2.75) is 39.3 Å². The van der Waals surface area contributed by atoms with Gasteiger partial charge in [-0.3, -0.25) is 4.90 Å². The molecule has 0 spiro atoms. The van der Waals surface area contributed by atoms with Crippen molar-refractivity contribution in [3.05, 3.63) is 77.5 Å². The first-order valence-corrected chi connectivity index (χ1v) is 11.4. The molecule has 6 nitrogen and oxygen atoms in total. The van der Waals surface area contributed by atoms with E-state index in [1.54, 1.807) is 24.8 Å². The minimum absolute atomic E-state index is 0.452. The van der Waals surface area contributed by atoms with Crippen LogP contribution >= 0.6 is 11.6 Å². The molecule has 0 aliphatic carbocycles. The summed E-state index contributed by atoms with van der Waals surface area (Å²) in [5.41, 5.74) is 1.60. The molecule has 1 heterocycles. The molecule has 3 aromatic rings. The highest BCUT2D eigenvalue weighted by Gasteiger charge is 2.25. The van der Waals surface area contributed by atoms with Crippen molar-refractivity contribution in [3.63, 3.8) is 0 Å². The first-order chi connectivity index (χ1) is 15.8. The van der Waals surface area contributed by atoms with Crippen LogP contribution in [0.4, 0.5) is 0 Å². The molecule has 0 aliphatic heterocycles. The second-order valence-electron chi connectivity index (χ2n) is 8.31. The van der Waals surface area contributed by atoms with E-state index >= 15 is 0 Å². The van der Waals surface area contributed by atoms with Crippen LogP contribution in [0.15, 0.2) is 61.2 Å². The minimum atomic E-state index is -0.997. The van der Waals surface area contributed by atoms with Crippen molar-refractivity contribution in [2.75, 3.05) is 20.2 Å². The molecule has 0 saturated heterocycles. The number of halogens is 1. The average molecular weight is 470 g/mol. The predicted molar refractivity (Wildman–Crippen MR) is 133 cm³/mol. The summed E-state index contributed by atoms with van der Waals surface area (Å²) in [6, 6.07) is 14.9. The summed E-state index contributed by atoms with van der Waals surface area (Å²) in [5, 5.41) is 16.0. The van der Waals surface area contributed by atoms with Crippen LogP contribution in [-0.4, -0.2) is 45.6 Å². The van der Waals surface area contributed by atoms with Crippen molar-refractivity contribution in [1.29, 1.82) is 0 Å². The van der Waals surface area contributed by atoms with Crippen molar-refractivity contribution in [1.82, 2.24) is 14.7 Å². The third-order valence-electron chi connectivity index (χ3n) is 5.37. The van der Waals surface area contributed by atoms with Gasteiger partial charge in [-0.15, -0.1) is 6.58 Å². The summed E-state index contributed by atoms with van der Waals surface area (Å²) in [7, 11) is 1.63. The topological polar surface area (TPSA) is 59.8 Å². The summed E-state index contributed by atoms with van der Waals surface area (Å²) in [5.74, 6) is 2.03. The highest BCUT2D eigenvalue weighted by Crippen LogP contribution is 2.33. The molecule has 3 rings (SSSR count). The number of hydrogen-bond acceptors (Lipinski definition) is 5. The minimum Gasteiger partial charge on any atom is -0.497 e. The first-order valence-electron chi connectivity index (χ1n) is 11.0. The lowest BCUT2D eigenvalue weighted by Gasteiger charge is -2.29. The zero-order chi connectivity index (χ0) is 24.0. The maximum atomic E-state index is 10.6. The van der Waals surface area contributed by atoms with Gasteiger partial charge in [-0.1, -0.05) is 30.7 Å². The van der Waals surface area contributed by atoms with Gasteiger partial charge in [-0.05, 0) is 69.3 Å². The van der Waals surface area contributed by atoms with Gasteiger partial charge in [-0.2, -0.15) is 5.10 Å². The van der Waals surface area contributed by atoms with E-state index in [4.69, 9.17) is 26.2 Å². The van der Waals surface area contributed by atoms with E-state index in [0.29, 0.717) is 29.7 Å². The smallest absolute Gasteiger partial charge is 0.227 e. The molecule has 0 fully saturated rings. The molecule has 33 heavy (non-hydrogen) atoms. The molecular formula is C26H32ClN3O3. The molecule has 7 heteroatoms. The van der Waals surface area contributed by atoms with Crippen LogP contribution in [0, 0.1) is 6.92 Å². The Kier molecular flexibility index (Phi) is 8.19. The van der Waals surface area contributed by atoms with Gasteiger partial charge in [0.15, 0.2) is 0 Å². The number of aliphatic hydroxyl groups is 1. The number of hydrogen-bond donors (Lipinski definition) is 1. The van der Waals surface area contributed by atoms with Crippen molar-refractivity contribution in [2.24, 2.45) is 0 Å². The SMILES string of the molecule is C=C[C@](C)(O)CN(CCC)Cc1c(C)nn(-c2cccc(Cl)c2)c1Oc1ccc(OC)cc1. The Labute approximate surface area is 201 Å². The van der Waals surface area contributed by atoms with Crippen LogP contribution in [0.25, 0.3) is 5.69 Å². The van der Waals surface area contributed by atoms with Gasteiger partial charge >= 0.3 is 0 Å². The maximum absolute atomic E-state index is 10.6. The zero-order valence-corrected chi connectivity index (χ0v) is 20.5. The average Bonchev–Trinajstić information content (AvgIpc) is 3.09. The van der Waals surface area contributed by atoms with E-state index in [1.807, 2.05) is 55.5 Å². The summed E-state index contributed by atoms with van der Waals surface area (Å²) >= 11 is 6.26. The zero-order valence-electron chi connectivity index (χ0n) is 19.7. The van der Waals surface area contributed by atoms with Gasteiger partial charge in [0.05, 0.1) is 29.7 Å². The predicted octanol–water partition coefficient (Wildman–Crippen LogP) is 5.78. The molecule has 0 unspecified atom stereocenters. The number of ether oxygens (including phenoxy) is 2. The fourth-order valence-electron chi connectivity index (χ4n) is 3.63. The Bertz CT molecular complexity index is 1080. The van der Waals surface area contributed by atoms with Gasteiger partial charge in [0.25, 0.3) is 0 Å². The second-order valence-corrected chi connectivity index (χ2v) is 8.75. The van der Waals surface area contributed by atoms with E-state index in [2.05, 4.69) is 18.4 Å². The quantitative estimate of drug-likeness (QED) is 0.360. The van der Waals surface area contributed by atoms with E-state index in [1.165, 1.54) is 0 Å². The normalized spacial score (nSPS) is 13.1. The number of aromatic nitrogens is 2. The van der Waals surface area contributed by atoms with Gasteiger partial charge in [-0.25, -0.2) is 4.68 Å². The van der Waals surface area contributed by atoms with Crippen molar-refractivity contribution >= 4 is 11.6 Å². The van der Waals surface area contributed by atoms with Crippen LogP contribution in [-0.2, 0) is 6.54 Å². The van der Waals surface area contributed by atoms with Crippen LogP contribution in [0.3, 0.4) is 0 Å². The Balaban J connectivity index is 2.04. The van der Waals surface area contributed by atoms with Gasteiger partial charge in [0, 0.05) is 18.1 Å². The Morgan fingerprint density at radius 1 is 1.21 bits per heavy atom. The lowest BCUT2D eigenvalue weighted by Crippen LogP contribution is -2.39. The molecule has 0 amide bonds. The molecule has 0 aliphatic rings. The third-order valence-corrected chi connectivity index (χ3v) is 5.60. The van der Waals surface area contributed by atoms with Gasteiger partial charge in [0.2, 0.25) is 5.88 Å². The molecule has 0 radical (unpaired) electrons. The Morgan fingerprint density at radius 3 is 2.52 bits per heavy atom. The lowest BCUT2D eigenvalue weighted by molar-refractivity contribution is 0.0584. The van der Waals surface area contributed by atoms with E-state index in [-0.39, 0.29) is 0 Å². The largest absolute Gasteiger partial charge is 0.497 e. The molecule has 0 bridgehead atoms. The summed E-state index contributed by atoms with van der Waals surface area (Å²) < 4.78 is 13.4. The van der Waals surface area contributed by atoms with Crippen LogP contribution in [0.2, 0.25) is 5.02 Å². The molecule has 1 atom stereocenters. The monoisotopic (exact) mass is 469 g/mol. The number of benzene rings is 2. The van der Waals surface area contributed by atoms with Crippen LogP contribution < -0.4 is 9.47 Å². The number of methoxy groups -OCH3 is 1. The van der Waals surface area contributed by atoms with Crippen LogP contribution in [0.1, 0.15) is 31.5 Å². The van der Waals surface area contributed by atoms with Crippen LogP contribution in [0.5, 0.6) is 17.4 Å². The second kappa shape index (κ2) is 10.9. The third kappa shape index (κ3) is 6.38. The fraction of sp³-hybridized carbons (Fsp3) is 0.346. The van der Waals surface area contributed by atoms with E-state index in [0.717, 1.165) is 35.7 Å². The Morgan fingerprint density at radius 2 is 1.91 bits per heavy atom. The molecule has 0 saturated carbocycles. The highest BCUT2D eigenvalue weighted by atomic mass is 35.5. The maximum Gasteiger partial charge on any atom is 0.227 e. The Hall–Kier alpha value is -2.80. The first kappa shape index (κ1) is 24.8. The molecule has 1 aromatic heterocycles. The van der Waals surface area contributed by atoms with Crippen molar-refractivity contribution < 1.29 is 14.6 Å². The standard InChI is InChI=1S/C26H32ClN3O3/c1-6-15-29(18-26(4,31)7-2)17-24-19(3)28-30(21-10-8-9-20(27)16-21)25(24)33-23-13-11-22(32-5)12-14-23/h7-14,16,31H,2,6,15,17-18H2,1,3-5H3/t26-/m0/s1. The van der Waals surface area contributed by atoms with Gasteiger partial charge in [0.1, 0.15) is 11.5 Å². The molecular weight excluding hydrogens is 438 g/mol. The fourth-order valence-corrected chi connectivity index (χ4v) is 3.82. The van der Waals surface area contributed by atoms with Crippen molar-refractivity contribution in [3.8, 4) is 23.1 Å². The number of rotatable bonds is 11. The van der Waals surface area contributed by atoms with Gasteiger partial charge < -0.3 is 14.6 Å². The summed E-state index contributed by atoms with van der Waals surface area (Å²) in [4.78, 5) is 2.19. The molecule has 1 N–H and O–H groups in total.